The lowest BCUT2D eigenvalue weighted by Crippen LogP contribution is -2.06. The molecule has 0 amide bonds. The quantitative estimate of drug-likeness (QED) is 0.263. The van der Waals surface area contributed by atoms with Crippen LogP contribution in [0.1, 0.15) is 0 Å². The largest absolute Gasteiger partial charge is 0.385 e. The van der Waals surface area contributed by atoms with E-state index in [1.165, 1.54) is 0 Å². The summed E-state index contributed by atoms with van der Waals surface area (Å²) in [7, 11) is 1.66. The van der Waals surface area contributed by atoms with Crippen LogP contribution in [-0.2, 0) is 4.79 Å². The summed E-state index contributed by atoms with van der Waals surface area (Å²) in [5.41, 5.74) is 6.17. The lowest BCUT2D eigenvalue weighted by molar-refractivity contribution is -0.105. The molecule has 0 aliphatic rings. The molecule has 0 aromatic rings. The lowest BCUT2D eigenvalue weighted by Gasteiger charge is -1.94. The SMILES string of the molecule is C=C(C#CCN)/C=C(/C=O)NC. The Hall–Kier alpha value is -1.53. The number of allylic oxidation sites excluding steroid dienone is 3. The van der Waals surface area contributed by atoms with Crippen molar-refractivity contribution >= 4 is 6.29 Å². The number of carbonyl (C=O) groups excluding carboxylic acids is 1. The van der Waals surface area contributed by atoms with Crippen LogP contribution in [0.25, 0.3) is 0 Å². The van der Waals surface area contributed by atoms with Gasteiger partial charge >= 0.3 is 0 Å². The number of hydrogen-bond donors (Lipinski definition) is 2. The Bertz CT molecular complexity index is 255. The van der Waals surface area contributed by atoms with Crippen LogP contribution < -0.4 is 11.1 Å². The molecule has 0 spiro atoms. The molecule has 0 heterocycles. The van der Waals surface area contributed by atoms with E-state index in [1.54, 1.807) is 13.1 Å². The first-order chi connectivity index (χ1) is 5.74. The molecule has 0 saturated carbocycles. The second-order valence-electron chi connectivity index (χ2n) is 2.00. The molecule has 0 rings (SSSR count). The van der Waals surface area contributed by atoms with E-state index in [0.29, 0.717) is 24.1 Å². The van der Waals surface area contributed by atoms with Crippen molar-refractivity contribution in [2.45, 2.75) is 0 Å². The summed E-state index contributed by atoms with van der Waals surface area (Å²) in [5, 5.41) is 2.69. The van der Waals surface area contributed by atoms with Gasteiger partial charge in [0.2, 0.25) is 0 Å². The molecular weight excluding hydrogens is 152 g/mol. The maximum atomic E-state index is 10.3. The van der Waals surface area contributed by atoms with Crippen LogP contribution in [-0.4, -0.2) is 19.9 Å². The Morgan fingerprint density at radius 2 is 2.42 bits per heavy atom. The molecule has 0 atom stereocenters. The Labute approximate surface area is 72.3 Å². The van der Waals surface area contributed by atoms with Gasteiger partial charge in [0.1, 0.15) is 0 Å². The zero-order chi connectivity index (χ0) is 9.40. The number of nitrogens with one attached hydrogen (secondary N) is 1. The summed E-state index contributed by atoms with van der Waals surface area (Å²) in [4.78, 5) is 10.3. The Kier molecular flexibility index (Phi) is 5.41. The van der Waals surface area contributed by atoms with E-state index in [4.69, 9.17) is 5.73 Å². The Balaban J connectivity index is 4.31. The van der Waals surface area contributed by atoms with Gasteiger partial charge in [0, 0.05) is 12.6 Å². The van der Waals surface area contributed by atoms with Gasteiger partial charge in [-0.15, -0.1) is 0 Å². The third-order valence-electron chi connectivity index (χ3n) is 1.10. The van der Waals surface area contributed by atoms with Gasteiger partial charge in [0.25, 0.3) is 0 Å². The monoisotopic (exact) mass is 164 g/mol. The molecule has 0 aromatic carbocycles. The van der Waals surface area contributed by atoms with Gasteiger partial charge in [-0.3, -0.25) is 4.79 Å². The summed E-state index contributed by atoms with van der Waals surface area (Å²) in [6.07, 6.45) is 2.27. The van der Waals surface area contributed by atoms with E-state index in [0.717, 1.165) is 0 Å². The fourth-order valence-electron chi connectivity index (χ4n) is 0.553. The molecule has 0 aliphatic carbocycles. The molecule has 3 heteroatoms. The zero-order valence-corrected chi connectivity index (χ0v) is 7.05. The van der Waals surface area contributed by atoms with Gasteiger partial charge in [-0.05, 0) is 6.08 Å². The minimum atomic E-state index is 0.294. The number of rotatable bonds is 3. The number of likely N-dealkylation sites (N-methyl/N-ethyl adjacent to an activating group) is 1. The van der Waals surface area contributed by atoms with Crippen molar-refractivity contribution in [3.05, 3.63) is 23.9 Å². The predicted octanol–water partition coefficient (Wildman–Crippen LogP) is -0.193. The van der Waals surface area contributed by atoms with E-state index in [9.17, 15) is 4.79 Å². The molecule has 0 fully saturated rings. The first kappa shape index (κ1) is 10.5. The van der Waals surface area contributed by atoms with Crippen molar-refractivity contribution in [2.24, 2.45) is 5.73 Å². The normalized spacial score (nSPS) is 9.67. The summed E-state index contributed by atoms with van der Waals surface area (Å²) < 4.78 is 0. The molecule has 0 bridgehead atoms. The fourth-order valence-corrected chi connectivity index (χ4v) is 0.553. The maximum absolute atomic E-state index is 10.3. The van der Waals surface area contributed by atoms with Crippen LogP contribution in [0.4, 0.5) is 0 Å². The van der Waals surface area contributed by atoms with Crippen LogP contribution >= 0.6 is 0 Å². The van der Waals surface area contributed by atoms with Crippen molar-refractivity contribution in [2.75, 3.05) is 13.6 Å². The maximum Gasteiger partial charge on any atom is 0.165 e. The van der Waals surface area contributed by atoms with Crippen LogP contribution in [0, 0.1) is 11.8 Å². The third-order valence-corrected chi connectivity index (χ3v) is 1.10. The summed E-state index contributed by atoms with van der Waals surface area (Å²) in [6.45, 7) is 3.92. The van der Waals surface area contributed by atoms with Crippen molar-refractivity contribution in [3.63, 3.8) is 0 Å². The van der Waals surface area contributed by atoms with E-state index < -0.39 is 0 Å². The molecule has 64 valence electrons. The molecule has 0 saturated heterocycles. The lowest BCUT2D eigenvalue weighted by atomic mass is 10.2. The summed E-state index contributed by atoms with van der Waals surface area (Å²) in [5.74, 6) is 5.33. The van der Waals surface area contributed by atoms with Crippen LogP contribution in [0.5, 0.6) is 0 Å². The molecule has 3 N–H and O–H groups in total. The molecule has 3 nitrogen and oxygen atoms in total. The van der Waals surface area contributed by atoms with Gasteiger partial charge in [-0.1, -0.05) is 18.4 Å². The number of carbonyl (C=O) groups is 1. The molecule has 0 radical (unpaired) electrons. The number of hydrogen-bond acceptors (Lipinski definition) is 3. The van der Waals surface area contributed by atoms with Gasteiger partial charge in [-0.25, -0.2) is 0 Å². The zero-order valence-electron chi connectivity index (χ0n) is 7.05. The van der Waals surface area contributed by atoms with Crippen molar-refractivity contribution in [1.82, 2.24) is 5.32 Å². The van der Waals surface area contributed by atoms with Crippen molar-refractivity contribution < 1.29 is 4.79 Å². The molecular formula is C9H12N2O. The number of aldehydes is 1. The molecule has 12 heavy (non-hydrogen) atoms. The summed E-state index contributed by atoms with van der Waals surface area (Å²) in [6, 6.07) is 0. The highest BCUT2D eigenvalue weighted by molar-refractivity contribution is 5.73. The average molecular weight is 164 g/mol. The van der Waals surface area contributed by atoms with Gasteiger partial charge in [0.15, 0.2) is 6.29 Å². The highest BCUT2D eigenvalue weighted by Crippen LogP contribution is 1.92. The van der Waals surface area contributed by atoms with Crippen LogP contribution in [0.15, 0.2) is 23.9 Å². The van der Waals surface area contributed by atoms with Gasteiger partial charge < -0.3 is 11.1 Å². The van der Waals surface area contributed by atoms with E-state index in [-0.39, 0.29) is 0 Å². The second-order valence-corrected chi connectivity index (χ2v) is 2.00. The van der Waals surface area contributed by atoms with E-state index in [1.807, 2.05) is 0 Å². The van der Waals surface area contributed by atoms with E-state index in [2.05, 4.69) is 23.7 Å². The molecule has 0 unspecified atom stereocenters. The topological polar surface area (TPSA) is 55.1 Å². The minimum absolute atomic E-state index is 0.294. The van der Waals surface area contributed by atoms with Crippen LogP contribution in [0.2, 0.25) is 0 Å². The smallest absolute Gasteiger partial charge is 0.165 e. The average Bonchev–Trinajstić information content (AvgIpc) is 2.10. The first-order valence-electron chi connectivity index (χ1n) is 3.47. The second kappa shape index (κ2) is 6.20. The third kappa shape index (κ3) is 4.31. The highest BCUT2D eigenvalue weighted by atomic mass is 16.1. The molecule has 0 aromatic heterocycles. The fraction of sp³-hybridized carbons (Fsp3) is 0.222. The minimum Gasteiger partial charge on any atom is -0.385 e. The standard InChI is InChI=1S/C9H12N2O/c1-8(4-3-5-10)6-9(7-12)11-2/h6-7,11H,1,5,10H2,2H3/b9-6-. The predicted molar refractivity (Wildman–Crippen MR) is 49.2 cm³/mol. The Morgan fingerprint density at radius 1 is 1.75 bits per heavy atom. The summed E-state index contributed by atoms with van der Waals surface area (Å²) >= 11 is 0. The first-order valence-corrected chi connectivity index (χ1v) is 3.47. The van der Waals surface area contributed by atoms with Gasteiger partial charge in [0.05, 0.1) is 12.2 Å². The highest BCUT2D eigenvalue weighted by Gasteiger charge is 1.88. The number of nitrogens with two attached hydrogens (primary N) is 1. The van der Waals surface area contributed by atoms with Crippen molar-refractivity contribution in [3.8, 4) is 11.8 Å². The van der Waals surface area contributed by atoms with E-state index >= 15 is 0 Å². The van der Waals surface area contributed by atoms with Crippen molar-refractivity contribution in [1.29, 1.82) is 0 Å². The molecule has 0 aliphatic heterocycles. The van der Waals surface area contributed by atoms with Gasteiger partial charge in [-0.2, -0.15) is 0 Å². The Morgan fingerprint density at radius 3 is 2.83 bits per heavy atom. The van der Waals surface area contributed by atoms with Crippen LogP contribution in [0.3, 0.4) is 0 Å².